The first kappa shape index (κ1) is 16.8. The molecule has 0 bridgehead atoms. The fourth-order valence-corrected chi connectivity index (χ4v) is 4.30. The molecule has 1 amide bonds. The third-order valence-electron chi connectivity index (χ3n) is 4.03. The zero-order chi connectivity index (χ0) is 16.2. The van der Waals surface area contributed by atoms with Crippen LogP contribution in [0.4, 0.5) is 5.69 Å². The van der Waals surface area contributed by atoms with Crippen LogP contribution < -0.4 is 10.6 Å². The molecular formula is C16H24N2O3S. The number of benzene rings is 1. The Morgan fingerprint density at radius 3 is 2.50 bits per heavy atom. The summed E-state index contributed by atoms with van der Waals surface area (Å²) in [6, 6.07) is 9.95. The zero-order valence-corrected chi connectivity index (χ0v) is 13.9. The summed E-state index contributed by atoms with van der Waals surface area (Å²) in [7, 11) is -3.02. The minimum absolute atomic E-state index is 0.0166. The lowest BCUT2D eigenvalue weighted by Crippen LogP contribution is -2.42. The van der Waals surface area contributed by atoms with Gasteiger partial charge in [-0.05, 0) is 24.5 Å². The number of anilines is 1. The molecule has 1 aromatic carbocycles. The quantitative estimate of drug-likeness (QED) is 0.835. The third kappa shape index (κ3) is 4.73. The van der Waals surface area contributed by atoms with Crippen molar-refractivity contribution in [1.29, 1.82) is 0 Å². The predicted molar refractivity (Wildman–Crippen MR) is 88.5 cm³/mol. The topological polar surface area (TPSA) is 75.3 Å². The molecule has 0 aromatic heterocycles. The third-order valence-corrected chi connectivity index (χ3v) is 5.80. The number of carbonyl (C=O) groups is 1. The van der Waals surface area contributed by atoms with Crippen LogP contribution in [0.25, 0.3) is 0 Å². The number of hydrogen-bond acceptors (Lipinski definition) is 4. The summed E-state index contributed by atoms with van der Waals surface area (Å²) in [4.78, 5) is 12.1. The van der Waals surface area contributed by atoms with E-state index in [-0.39, 0.29) is 23.5 Å². The number of amides is 1. The van der Waals surface area contributed by atoms with E-state index in [1.807, 2.05) is 30.3 Å². The fourth-order valence-electron chi connectivity index (χ4n) is 2.56. The van der Waals surface area contributed by atoms with Crippen LogP contribution in [-0.4, -0.2) is 38.4 Å². The zero-order valence-electron chi connectivity index (χ0n) is 13.1. The van der Waals surface area contributed by atoms with Crippen molar-refractivity contribution in [3.05, 3.63) is 30.3 Å². The molecule has 1 aromatic rings. The van der Waals surface area contributed by atoms with E-state index in [0.29, 0.717) is 18.9 Å². The second kappa shape index (κ2) is 7.13. The number of para-hydroxylation sites is 1. The Morgan fingerprint density at radius 1 is 1.27 bits per heavy atom. The first-order valence-electron chi connectivity index (χ1n) is 7.67. The first-order valence-corrected chi connectivity index (χ1v) is 9.49. The van der Waals surface area contributed by atoms with Gasteiger partial charge in [0.2, 0.25) is 5.91 Å². The predicted octanol–water partition coefficient (Wildman–Crippen LogP) is 1.67. The molecule has 1 heterocycles. The van der Waals surface area contributed by atoms with Gasteiger partial charge in [0.15, 0.2) is 9.84 Å². The lowest BCUT2D eigenvalue weighted by molar-refractivity contribution is -0.124. The Morgan fingerprint density at radius 2 is 1.95 bits per heavy atom. The number of rotatable bonds is 6. The van der Waals surface area contributed by atoms with Crippen LogP contribution in [0, 0.1) is 11.8 Å². The van der Waals surface area contributed by atoms with Crippen LogP contribution in [-0.2, 0) is 14.6 Å². The molecule has 5 nitrogen and oxygen atoms in total. The maximum atomic E-state index is 12.1. The Bertz CT molecular complexity index is 599. The fraction of sp³-hybridized carbons (Fsp3) is 0.562. The van der Waals surface area contributed by atoms with Gasteiger partial charge in [-0.25, -0.2) is 8.42 Å². The van der Waals surface area contributed by atoms with Crippen LogP contribution in [0.3, 0.4) is 0 Å². The molecule has 122 valence electrons. The lowest BCUT2D eigenvalue weighted by atomic mass is 10.0. The molecule has 2 unspecified atom stereocenters. The van der Waals surface area contributed by atoms with E-state index < -0.39 is 15.8 Å². The summed E-state index contributed by atoms with van der Waals surface area (Å²) >= 11 is 0. The lowest BCUT2D eigenvalue weighted by Gasteiger charge is -2.24. The highest BCUT2D eigenvalue weighted by Crippen LogP contribution is 2.18. The highest BCUT2D eigenvalue weighted by atomic mass is 32.2. The molecule has 22 heavy (non-hydrogen) atoms. The van der Waals surface area contributed by atoms with Gasteiger partial charge in [-0.3, -0.25) is 4.79 Å². The molecule has 0 aliphatic carbocycles. The number of sulfone groups is 1. The van der Waals surface area contributed by atoms with Crippen molar-refractivity contribution >= 4 is 21.4 Å². The molecule has 2 rings (SSSR count). The smallest absolute Gasteiger partial charge is 0.224 e. The summed E-state index contributed by atoms with van der Waals surface area (Å²) < 4.78 is 22.9. The Kier molecular flexibility index (Phi) is 5.45. The Labute approximate surface area is 132 Å². The number of hydrogen-bond donors (Lipinski definition) is 2. The van der Waals surface area contributed by atoms with Gasteiger partial charge < -0.3 is 10.6 Å². The normalized spacial score (nSPS) is 21.5. The van der Waals surface area contributed by atoms with Crippen LogP contribution in [0.5, 0.6) is 0 Å². The largest absolute Gasteiger partial charge is 0.380 e. The van der Waals surface area contributed by atoms with Gasteiger partial charge in [0.05, 0.1) is 17.4 Å². The van der Waals surface area contributed by atoms with Crippen LogP contribution in [0.15, 0.2) is 30.3 Å². The maximum absolute atomic E-state index is 12.1. The summed E-state index contributed by atoms with van der Waals surface area (Å²) in [6.45, 7) is 4.67. The van der Waals surface area contributed by atoms with Gasteiger partial charge in [-0.15, -0.1) is 0 Å². The van der Waals surface area contributed by atoms with Crippen molar-refractivity contribution < 1.29 is 13.2 Å². The second-order valence-electron chi connectivity index (χ2n) is 6.21. The van der Waals surface area contributed by atoms with Gasteiger partial charge in [0, 0.05) is 18.3 Å². The molecule has 6 heteroatoms. The van der Waals surface area contributed by atoms with E-state index in [4.69, 9.17) is 0 Å². The van der Waals surface area contributed by atoms with E-state index in [1.165, 1.54) is 0 Å². The summed E-state index contributed by atoms with van der Waals surface area (Å²) in [5.41, 5.74) is 1.01. The molecule has 1 saturated heterocycles. The minimum atomic E-state index is -3.02. The number of carbonyl (C=O) groups excluding carboxylic acids is 1. The Balaban J connectivity index is 1.88. The molecule has 0 radical (unpaired) electrons. The van der Waals surface area contributed by atoms with E-state index >= 15 is 0 Å². The van der Waals surface area contributed by atoms with Gasteiger partial charge in [0.1, 0.15) is 0 Å². The van der Waals surface area contributed by atoms with E-state index in [0.717, 1.165) is 5.69 Å². The van der Waals surface area contributed by atoms with E-state index in [2.05, 4.69) is 24.5 Å². The van der Waals surface area contributed by atoms with Crippen LogP contribution >= 0.6 is 0 Å². The summed E-state index contributed by atoms with van der Waals surface area (Å²) in [5, 5.41) is 6.31. The molecule has 2 atom stereocenters. The van der Waals surface area contributed by atoms with Gasteiger partial charge in [-0.1, -0.05) is 32.0 Å². The van der Waals surface area contributed by atoms with Crippen molar-refractivity contribution in [2.24, 2.45) is 11.8 Å². The van der Waals surface area contributed by atoms with Gasteiger partial charge in [0.25, 0.3) is 0 Å². The first-order chi connectivity index (χ1) is 10.4. The minimum Gasteiger partial charge on any atom is -0.380 e. The van der Waals surface area contributed by atoms with Crippen LogP contribution in [0.1, 0.15) is 20.3 Å². The molecule has 1 fully saturated rings. The molecule has 2 N–H and O–H groups in total. The monoisotopic (exact) mass is 324 g/mol. The second-order valence-corrected chi connectivity index (χ2v) is 8.43. The van der Waals surface area contributed by atoms with E-state index in [9.17, 15) is 13.2 Å². The molecular weight excluding hydrogens is 300 g/mol. The average Bonchev–Trinajstić information content (AvgIpc) is 2.84. The van der Waals surface area contributed by atoms with Crippen molar-refractivity contribution in [2.45, 2.75) is 26.3 Å². The van der Waals surface area contributed by atoms with Crippen molar-refractivity contribution in [2.75, 3.05) is 23.4 Å². The standard InChI is InChI=1S/C16H24N2O3S/c1-12(2)15(18-14-6-4-3-5-7-14)10-17-16(19)13-8-9-22(20,21)11-13/h3-7,12-13,15,18H,8-11H2,1-2H3,(H,17,19). The average molecular weight is 324 g/mol. The molecule has 0 saturated carbocycles. The summed E-state index contributed by atoms with van der Waals surface area (Å²) in [5.74, 6) is -0.0953. The maximum Gasteiger partial charge on any atom is 0.224 e. The molecule has 1 aliphatic rings. The van der Waals surface area contributed by atoms with Gasteiger partial charge >= 0.3 is 0 Å². The molecule has 0 spiro atoms. The highest BCUT2D eigenvalue weighted by Gasteiger charge is 2.33. The highest BCUT2D eigenvalue weighted by molar-refractivity contribution is 7.91. The SMILES string of the molecule is CC(C)C(CNC(=O)C1CCS(=O)(=O)C1)Nc1ccccc1. The van der Waals surface area contributed by atoms with Crippen molar-refractivity contribution in [3.8, 4) is 0 Å². The molecule has 1 aliphatic heterocycles. The van der Waals surface area contributed by atoms with Crippen molar-refractivity contribution in [3.63, 3.8) is 0 Å². The number of nitrogens with one attached hydrogen (secondary N) is 2. The van der Waals surface area contributed by atoms with E-state index in [1.54, 1.807) is 0 Å². The van der Waals surface area contributed by atoms with Crippen molar-refractivity contribution in [1.82, 2.24) is 5.32 Å². The van der Waals surface area contributed by atoms with Gasteiger partial charge in [-0.2, -0.15) is 0 Å². The Hall–Kier alpha value is -1.56. The summed E-state index contributed by atoms with van der Waals surface area (Å²) in [6.07, 6.45) is 0.437. The van der Waals surface area contributed by atoms with Crippen LogP contribution in [0.2, 0.25) is 0 Å².